The van der Waals surface area contributed by atoms with Crippen molar-refractivity contribution in [3.8, 4) is 11.8 Å². The molecule has 0 saturated carbocycles. The Morgan fingerprint density at radius 3 is 2.07 bits per heavy atom. The van der Waals surface area contributed by atoms with E-state index in [2.05, 4.69) is 49.3 Å². The highest BCUT2D eigenvalue weighted by Gasteiger charge is 2.17. The van der Waals surface area contributed by atoms with Gasteiger partial charge in [-0.05, 0) is 13.8 Å². The summed E-state index contributed by atoms with van der Waals surface area (Å²) in [5, 5.41) is 0. The largest absolute Gasteiger partial charge is 0.298 e. The van der Waals surface area contributed by atoms with Crippen LogP contribution in [0.25, 0.3) is 0 Å². The number of hydrogen-bond donors (Lipinski definition) is 0. The highest BCUT2D eigenvalue weighted by molar-refractivity contribution is 5.03. The van der Waals surface area contributed by atoms with E-state index in [4.69, 9.17) is 0 Å². The van der Waals surface area contributed by atoms with E-state index in [1.807, 2.05) is 0 Å². The lowest BCUT2D eigenvalue weighted by Crippen LogP contribution is -2.48. The zero-order chi connectivity index (χ0) is 11.3. The molecule has 1 heterocycles. The summed E-state index contributed by atoms with van der Waals surface area (Å²) in [6.07, 6.45) is 0. The maximum atomic E-state index is 3.26. The van der Waals surface area contributed by atoms with E-state index in [-0.39, 0.29) is 0 Å². The van der Waals surface area contributed by atoms with E-state index < -0.39 is 0 Å². The van der Waals surface area contributed by atoms with E-state index in [0.717, 1.165) is 6.54 Å². The highest BCUT2D eigenvalue weighted by atomic mass is 15.3. The van der Waals surface area contributed by atoms with Gasteiger partial charge in [0.25, 0.3) is 0 Å². The standard InChI is InChI=1S/C13H24N2/c1-12(2)6-5-7-14-8-10-15(11-9-14)13(3)4/h12-13H,7-11H2,1-4H3. The molecule has 1 saturated heterocycles. The fourth-order valence-corrected chi connectivity index (χ4v) is 1.80. The van der Waals surface area contributed by atoms with E-state index >= 15 is 0 Å². The lowest BCUT2D eigenvalue weighted by Gasteiger charge is -2.36. The van der Waals surface area contributed by atoms with Gasteiger partial charge in [0, 0.05) is 38.1 Å². The van der Waals surface area contributed by atoms with Crippen molar-refractivity contribution >= 4 is 0 Å². The normalized spacial score (nSPS) is 19.3. The highest BCUT2D eigenvalue weighted by Crippen LogP contribution is 2.04. The first-order valence-corrected chi connectivity index (χ1v) is 6.04. The van der Waals surface area contributed by atoms with Gasteiger partial charge in [-0.2, -0.15) is 0 Å². The molecule has 0 unspecified atom stereocenters. The summed E-state index contributed by atoms with van der Waals surface area (Å²) in [5.74, 6) is 6.98. The first-order valence-electron chi connectivity index (χ1n) is 6.04. The fourth-order valence-electron chi connectivity index (χ4n) is 1.80. The summed E-state index contributed by atoms with van der Waals surface area (Å²) < 4.78 is 0. The molecule has 2 heteroatoms. The van der Waals surface area contributed by atoms with E-state index in [1.54, 1.807) is 0 Å². The van der Waals surface area contributed by atoms with Gasteiger partial charge in [-0.25, -0.2) is 0 Å². The van der Waals surface area contributed by atoms with Gasteiger partial charge in [0.05, 0.1) is 6.54 Å². The zero-order valence-electron chi connectivity index (χ0n) is 10.6. The Bertz CT molecular complexity index is 227. The van der Waals surface area contributed by atoms with Crippen molar-refractivity contribution in [1.82, 2.24) is 9.80 Å². The van der Waals surface area contributed by atoms with Crippen LogP contribution in [0, 0.1) is 17.8 Å². The lowest BCUT2D eigenvalue weighted by molar-refractivity contribution is 0.118. The SMILES string of the molecule is CC(C)C#CCN1CCN(C(C)C)CC1. The molecule has 0 spiro atoms. The van der Waals surface area contributed by atoms with Gasteiger partial charge >= 0.3 is 0 Å². The summed E-state index contributed by atoms with van der Waals surface area (Å²) in [7, 11) is 0. The fraction of sp³-hybridized carbons (Fsp3) is 0.846. The van der Waals surface area contributed by atoms with Crippen LogP contribution in [0.3, 0.4) is 0 Å². The van der Waals surface area contributed by atoms with Gasteiger partial charge in [0.1, 0.15) is 0 Å². The molecule has 0 N–H and O–H groups in total. The molecular formula is C13H24N2. The summed E-state index contributed by atoms with van der Waals surface area (Å²) in [4.78, 5) is 4.99. The van der Waals surface area contributed by atoms with Crippen LogP contribution in [-0.4, -0.2) is 48.6 Å². The summed E-state index contributed by atoms with van der Waals surface area (Å²) in [5.41, 5.74) is 0. The second kappa shape index (κ2) is 6.15. The minimum atomic E-state index is 0.502. The minimum absolute atomic E-state index is 0.502. The predicted octanol–water partition coefficient (Wildman–Crippen LogP) is 1.67. The molecule has 1 fully saturated rings. The molecule has 0 atom stereocenters. The van der Waals surface area contributed by atoms with Crippen molar-refractivity contribution < 1.29 is 0 Å². The maximum absolute atomic E-state index is 3.26. The van der Waals surface area contributed by atoms with Crippen LogP contribution < -0.4 is 0 Å². The Labute approximate surface area is 94.6 Å². The van der Waals surface area contributed by atoms with Gasteiger partial charge in [-0.15, -0.1) is 0 Å². The predicted molar refractivity (Wildman–Crippen MR) is 65.8 cm³/mol. The molecule has 0 amide bonds. The van der Waals surface area contributed by atoms with E-state index in [9.17, 15) is 0 Å². The number of piperazine rings is 1. The summed E-state index contributed by atoms with van der Waals surface area (Å²) in [6.45, 7) is 14.5. The molecule has 0 aromatic rings. The molecule has 1 aliphatic heterocycles. The van der Waals surface area contributed by atoms with Crippen molar-refractivity contribution in [2.75, 3.05) is 32.7 Å². The molecular weight excluding hydrogens is 184 g/mol. The van der Waals surface area contributed by atoms with Crippen LogP contribution in [0.4, 0.5) is 0 Å². The molecule has 0 aliphatic carbocycles. The van der Waals surface area contributed by atoms with Crippen LogP contribution in [-0.2, 0) is 0 Å². The van der Waals surface area contributed by atoms with Crippen molar-refractivity contribution in [3.63, 3.8) is 0 Å². The van der Waals surface area contributed by atoms with Crippen LogP contribution >= 0.6 is 0 Å². The van der Waals surface area contributed by atoms with Crippen molar-refractivity contribution in [1.29, 1.82) is 0 Å². The van der Waals surface area contributed by atoms with Gasteiger partial charge < -0.3 is 0 Å². The van der Waals surface area contributed by atoms with Crippen molar-refractivity contribution in [2.24, 2.45) is 5.92 Å². The molecule has 1 aliphatic rings. The van der Waals surface area contributed by atoms with Crippen LogP contribution in [0.2, 0.25) is 0 Å². The van der Waals surface area contributed by atoms with Crippen LogP contribution in [0.15, 0.2) is 0 Å². The van der Waals surface area contributed by atoms with Crippen molar-refractivity contribution in [2.45, 2.75) is 33.7 Å². The second-order valence-electron chi connectivity index (χ2n) is 4.88. The topological polar surface area (TPSA) is 6.48 Å². The third-order valence-corrected chi connectivity index (χ3v) is 2.83. The van der Waals surface area contributed by atoms with Gasteiger partial charge in [0.15, 0.2) is 0 Å². The molecule has 2 nitrogen and oxygen atoms in total. The minimum Gasteiger partial charge on any atom is -0.298 e. The van der Waals surface area contributed by atoms with Crippen LogP contribution in [0.1, 0.15) is 27.7 Å². The first-order chi connectivity index (χ1) is 7.09. The van der Waals surface area contributed by atoms with E-state index in [1.165, 1.54) is 26.2 Å². The van der Waals surface area contributed by atoms with E-state index in [0.29, 0.717) is 12.0 Å². The molecule has 15 heavy (non-hydrogen) atoms. The average Bonchev–Trinajstić information content (AvgIpc) is 2.18. The van der Waals surface area contributed by atoms with Crippen molar-refractivity contribution in [3.05, 3.63) is 0 Å². The first kappa shape index (κ1) is 12.5. The number of nitrogens with zero attached hydrogens (tertiary/aromatic N) is 2. The molecule has 0 bridgehead atoms. The molecule has 0 aromatic carbocycles. The number of rotatable bonds is 2. The molecule has 1 rings (SSSR count). The average molecular weight is 208 g/mol. The lowest BCUT2D eigenvalue weighted by atomic mass is 10.2. The molecule has 86 valence electrons. The third kappa shape index (κ3) is 4.68. The Hall–Kier alpha value is -0.520. The Morgan fingerprint density at radius 2 is 1.60 bits per heavy atom. The maximum Gasteiger partial charge on any atom is 0.0602 e. The Balaban J connectivity index is 2.24. The smallest absolute Gasteiger partial charge is 0.0602 e. The monoisotopic (exact) mass is 208 g/mol. The van der Waals surface area contributed by atoms with Gasteiger partial charge in [0.2, 0.25) is 0 Å². The quantitative estimate of drug-likeness (QED) is 0.637. The Kier molecular flexibility index (Phi) is 5.14. The Morgan fingerprint density at radius 1 is 1.00 bits per heavy atom. The molecule has 0 aromatic heterocycles. The second-order valence-corrected chi connectivity index (χ2v) is 4.88. The summed E-state index contributed by atoms with van der Waals surface area (Å²) in [6, 6.07) is 0.689. The molecule has 0 radical (unpaired) electrons. The number of hydrogen-bond acceptors (Lipinski definition) is 2. The van der Waals surface area contributed by atoms with Gasteiger partial charge in [-0.3, -0.25) is 9.80 Å². The van der Waals surface area contributed by atoms with Crippen LogP contribution in [0.5, 0.6) is 0 Å². The zero-order valence-corrected chi connectivity index (χ0v) is 10.6. The van der Waals surface area contributed by atoms with Gasteiger partial charge in [-0.1, -0.05) is 25.7 Å². The third-order valence-electron chi connectivity index (χ3n) is 2.83. The summed E-state index contributed by atoms with van der Waals surface area (Å²) >= 11 is 0.